The molecule has 0 aliphatic carbocycles. The van der Waals surface area contributed by atoms with Gasteiger partial charge in [0.05, 0.1) is 6.61 Å². The largest absolute Gasteiger partial charge is 0.484 e. The highest BCUT2D eigenvalue weighted by Crippen LogP contribution is 2.13. The Morgan fingerprint density at radius 3 is 2.53 bits per heavy atom. The van der Waals surface area contributed by atoms with Gasteiger partial charge in [-0.25, -0.2) is 4.79 Å². The third-order valence-electron chi connectivity index (χ3n) is 1.70. The number of benzene rings is 1. The highest BCUT2D eigenvalue weighted by Gasteiger charge is 2.08. The van der Waals surface area contributed by atoms with E-state index in [0.29, 0.717) is 5.75 Å². The van der Waals surface area contributed by atoms with Crippen molar-refractivity contribution in [2.45, 2.75) is 6.92 Å². The molecule has 0 saturated heterocycles. The van der Waals surface area contributed by atoms with E-state index in [1.54, 1.807) is 19.1 Å². The molecule has 0 atom stereocenters. The Kier molecular flexibility index (Phi) is 5.75. The highest BCUT2D eigenvalue weighted by atomic mass is 127. The Labute approximate surface area is 113 Å². The predicted molar refractivity (Wildman–Crippen MR) is 69.8 cm³/mol. The SMILES string of the molecule is CCOC(=O)NC(=O)COc1ccc(I)cc1. The van der Waals surface area contributed by atoms with E-state index in [0.717, 1.165) is 3.57 Å². The van der Waals surface area contributed by atoms with Gasteiger partial charge in [0.1, 0.15) is 5.75 Å². The molecule has 0 radical (unpaired) electrons. The van der Waals surface area contributed by atoms with E-state index in [1.165, 1.54) is 0 Å². The molecule has 0 aromatic heterocycles. The normalized spacial score (nSPS) is 9.53. The van der Waals surface area contributed by atoms with Crippen LogP contribution in [0, 0.1) is 3.57 Å². The van der Waals surface area contributed by atoms with E-state index < -0.39 is 12.0 Å². The van der Waals surface area contributed by atoms with Crippen LogP contribution in [0.2, 0.25) is 0 Å². The summed E-state index contributed by atoms with van der Waals surface area (Å²) < 4.78 is 10.8. The molecule has 0 heterocycles. The number of hydrogen-bond donors (Lipinski definition) is 1. The molecule has 6 heteroatoms. The highest BCUT2D eigenvalue weighted by molar-refractivity contribution is 14.1. The summed E-state index contributed by atoms with van der Waals surface area (Å²) in [6.45, 7) is 1.66. The zero-order valence-corrected chi connectivity index (χ0v) is 11.4. The molecule has 0 aliphatic rings. The lowest BCUT2D eigenvalue weighted by Gasteiger charge is -2.06. The van der Waals surface area contributed by atoms with Crippen LogP contribution in [0.4, 0.5) is 4.79 Å². The van der Waals surface area contributed by atoms with Gasteiger partial charge < -0.3 is 9.47 Å². The second-order valence-corrected chi connectivity index (χ2v) is 4.26. The van der Waals surface area contributed by atoms with Crippen molar-refractivity contribution < 1.29 is 19.1 Å². The average Bonchev–Trinajstić information content (AvgIpc) is 2.28. The van der Waals surface area contributed by atoms with Crippen molar-refractivity contribution in [3.63, 3.8) is 0 Å². The molecule has 17 heavy (non-hydrogen) atoms. The van der Waals surface area contributed by atoms with Crippen LogP contribution < -0.4 is 10.1 Å². The third-order valence-corrected chi connectivity index (χ3v) is 2.42. The first-order valence-electron chi connectivity index (χ1n) is 4.96. The Bertz CT molecular complexity index is 391. The molecule has 1 aromatic rings. The zero-order valence-electron chi connectivity index (χ0n) is 9.23. The molecule has 1 rings (SSSR count). The summed E-state index contributed by atoms with van der Waals surface area (Å²) in [6, 6.07) is 7.22. The Morgan fingerprint density at radius 1 is 1.29 bits per heavy atom. The van der Waals surface area contributed by atoms with E-state index in [4.69, 9.17) is 4.74 Å². The minimum atomic E-state index is -0.760. The van der Waals surface area contributed by atoms with Gasteiger partial charge in [0.15, 0.2) is 6.61 Å². The number of rotatable bonds is 4. The molecule has 0 fully saturated rings. The maximum absolute atomic E-state index is 11.2. The van der Waals surface area contributed by atoms with Gasteiger partial charge in [-0.05, 0) is 53.8 Å². The zero-order chi connectivity index (χ0) is 12.7. The molecule has 1 aromatic carbocycles. The lowest BCUT2D eigenvalue weighted by Crippen LogP contribution is -2.34. The number of alkyl carbamates (subject to hydrolysis) is 1. The number of carbonyl (C=O) groups is 2. The van der Waals surface area contributed by atoms with Crippen molar-refractivity contribution in [2.24, 2.45) is 0 Å². The van der Waals surface area contributed by atoms with Gasteiger partial charge >= 0.3 is 6.09 Å². The summed E-state index contributed by atoms with van der Waals surface area (Å²) in [7, 11) is 0. The second kappa shape index (κ2) is 7.10. The fraction of sp³-hybridized carbons (Fsp3) is 0.273. The van der Waals surface area contributed by atoms with Crippen LogP contribution in [-0.2, 0) is 9.53 Å². The summed E-state index contributed by atoms with van der Waals surface area (Å²) in [5, 5.41) is 2.04. The van der Waals surface area contributed by atoms with Gasteiger partial charge in [0.2, 0.25) is 0 Å². The number of carbonyl (C=O) groups excluding carboxylic acids is 2. The Balaban J connectivity index is 2.33. The lowest BCUT2D eigenvalue weighted by molar-refractivity contribution is -0.122. The van der Waals surface area contributed by atoms with Crippen LogP contribution in [0.1, 0.15) is 6.92 Å². The molecule has 1 N–H and O–H groups in total. The maximum atomic E-state index is 11.2. The van der Waals surface area contributed by atoms with Crippen molar-refractivity contribution in [1.29, 1.82) is 0 Å². The average molecular weight is 349 g/mol. The first-order chi connectivity index (χ1) is 8.11. The number of hydrogen-bond acceptors (Lipinski definition) is 4. The Hall–Kier alpha value is -1.31. The molecular formula is C11H12INO4. The minimum absolute atomic E-state index is 0.219. The van der Waals surface area contributed by atoms with Crippen molar-refractivity contribution in [2.75, 3.05) is 13.2 Å². The third kappa shape index (κ3) is 5.53. The van der Waals surface area contributed by atoms with Crippen molar-refractivity contribution >= 4 is 34.6 Å². The maximum Gasteiger partial charge on any atom is 0.413 e. The van der Waals surface area contributed by atoms with Gasteiger partial charge in [-0.2, -0.15) is 0 Å². The second-order valence-electron chi connectivity index (χ2n) is 3.01. The predicted octanol–water partition coefficient (Wildman–Crippen LogP) is 1.94. The molecule has 2 amide bonds. The van der Waals surface area contributed by atoms with Gasteiger partial charge in [-0.1, -0.05) is 0 Å². The summed E-state index contributed by atoms with van der Waals surface area (Å²) in [4.78, 5) is 22.1. The van der Waals surface area contributed by atoms with Gasteiger partial charge in [0, 0.05) is 3.57 Å². The van der Waals surface area contributed by atoms with Crippen LogP contribution in [0.5, 0.6) is 5.75 Å². The van der Waals surface area contributed by atoms with E-state index in [1.807, 2.05) is 17.4 Å². The smallest absolute Gasteiger partial charge is 0.413 e. The number of amides is 2. The summed E-state index contributed by atoms with van der Waals surface area (Å²) in [5.74, 6) is 0.0337. The van der Waals surface area contributed by atoms with Gasteiger partial charge in [-0.15, -0.1) is 0 Å². The topological polar surface area (TPSA) is 64.6 Å². The molecular weight excluding hydrogens is 337 g/mol. The lowest BCUT2D eigenvalue weighted by atomic mass is 10.3. The number of nitrogens with one attached hydrogen (secondary N) is 1. The number of halogens is 1. The summed E-state index contributed by atoms with van der Waals surface area (Å²) >= 11 is 2.17. The quantitative estimate of drug-likeness (QED) is 0.844. The first kappa shape index (κ1) is 13.8. The number of imide groups is 1. The molecule has 0 spiro atoms. The summed E-state index contributed by atoms with van der Waals surface area (Å²) in [6.07, 6.45) is -0.760. The fourth-order valence-electron chi connectivity index (χ4n) is 0.997. The molecule has 92 valence electrons. The first-order valence-corrected chi connectivity index (χ1v) is 6.04. The molecule has 0 aliphatic heterocycles. The molecule has 0 saturated carbocycles. The van der Waals surface area contributed by atoms with Crippen LogP contribution in [-0.4, -0.2) is 25.2 Å². The van der Waals surface area contributed by atoms with E-state index in [2.05, 4.69) is 27.3 Å². The van der Waals surface area contributed by atoms with Crippen LogP contribution >= 0.6 is 22.6 Å². The molecule has 0 bridgehead atoms. The van der Waals surface area contributed by atoms with E-state index in [9.17, 15) is 9.59 Å². The van der Waals surface area contributed by atoms with Crippen molar-refractivity contribution in [3.8, 4) is 5.75 Å². The van der Waals surface area contributed by atoms with E-state index >= 15 is 0 Å². The van der Waals surface area contributed by atoms with Gasteiger partial charge in [-0.3, -0.25) is 10.1 Å². The monoisotopic (exact) mass is 349 g/mol. The van der Waals surface area contributed by atoms with Crippen molar-refractivity contribution in [3.05, 3.63) is 27.8 Å². The van der Waals surface area contributed by atoms with Crippen LogP contribution in [0.15, 0.2) is 24.3 Å². The minimum Gasteiger partial charge on any atom is -0.484 e. The Morgan fingerprint density at radius 2 is 1.94 bits per heavy atom. The molecule has 0 unspecified atom stereocenters. The number of ether oxygens (including phenoxy) is 2. The standard InChI is InChI=1S/C11H12INO4/c1-2-16-11(15)13-10(14)7-17-9-5-3-8(12)4-6-9/h3-6H,2,7H2,1H3,(H,13,14,15). The molecule has 5 nitrogen and oxygen atoms in total. The van der Waals surface area contributed by atoms with Crippen molar-refractivity contribution in [1.82, 2.24) is 5.32 Å². The van der Waals surface area contributed by atoms with Crippen LogP contribution in [0.25, 0.3) is 0 Å². The van der Waals surface area contributed by atoms with Gasteiger partial charge in [0.25, 0.3) is 5.91 Å². The summed E-state index contributed by atoms with van der Waals surface area (Å²) in [5.41, 5.74) is 0. The van der Waals surface area contributed by atoms with Crippen LogP contribution in [0.3, 0.4) is 0 Å². The fourth-order valence-corrected chi connectivity index (χ4v) is 1.36. The van der Waals surface area contributed by atoms with E-state index in [-0.39, 0.29) is 13.2 Å².